The average molecular weight is 398 g/mol. The molecule has 4 atom stereocenters. The number of rotatable bonds is 7. The Hall–Kier alpha value is -1.89. The highest BCUT2D eigenvalue weighted by Gasteiger charge is 2.29. The van der Waals surface area contributed by atoms with E-state index >= 15 is 0 Å². The molecular formula is C16H22N4O6S. The third-order valence-corrected chi connectivity index (χ3v) is 5.69. The van der Waals surface area contributed by atoms with Crippen molar-refractivity contribution in [1.29, 1.82) is 0 Å². The zero-order chi connectivity index (χ0) is 19.6. The molecule has 0 bridgehead atoms. The molecular weight excluding hydrogens is 376 g/mol. The highest BCUT2D eigenvalue weighted by atomic mass is 32.1. The number of aliphatic hydroxyl groups excluding tert-OH is 5. The second kappa shape index (κ2) is 8.42. The van der Waals surface area contributed by atoms with Crippen LogP contribution in [0, 0.1) is 0 Å². The summed E-state index contributed by atoms with van der Waals surface area (Å²) in [5, 5.41) is 51.3. The summed E-state index contributed by atoms with van der Waals surface area (Å²) in [5.41, 5.74) is 3.28. The lowest BCUT2D eigenvalue weighted by molar-refractivity contribution is -0.0999. The summed E-state index contributed by atoms with van der Waals surface area (Å²) in [4.78, 5) is 21.1. The highest BCUT2D eigenvalue weighted by molar-refractivity contribution is 7.18. The Kier molecular flexibility index (Phi) is 6.19. The van der Waals surface area contributed by atoms with E-state index in [1.54, 1.807) is 0 Å². The summed E-state index contributed by atoms with van der Waals surface area (Å²) >= 11 is 1.49. The number of aryl methyl sites for hydroxylation is 2. The largest absolute Gasteiger partial charge is 0.394 e. The molecule has 0 fully saturated rings. The van der Waals surface area contributed by atoms with Crippen LogP contribution in [-0.4, -0.2) is 72.7 Å². The minimum absolute atomic E-state index is 0.0833. The molecule has 0 aliphatic heterocycles. The van der Waals surface area contributed by atoms with E-state index in [0.717, 1.165) is 37.5 Å². The number of aliphatic hydroxyl groups is 5. The van der Waals surface area contributed by atoms with Crippen LogP contribution >= 0.6 is 11.3 Å². The zero-order valence-electron chi connectivity index (χ0n) is 14.4. The summed E-state index contributed by atoms with van der Waals surface area (Å²) in [6.07, 6.45) is -1.84. The number of hydrazone groups is 1. The first-order chi connectivity index (χ1) is 12.9. The Labute approximate surface area is 157 Å². The molecule has 2 heterocycles. The molecule has 2 aromatic heterocycles. The molecule has 0 radical (unpaired) electrons. The van der Waals surface area contributed by atoms with Gasteiger partial charge in [0.2, 0.25) is 5.95 Å². The van der Waals surface area contributed by atoms with Gasteiger partial charge >= 0.3 is 0 Å². The van der Waals surface area contributed by atoms with Gasteiger partial charge in [-0.25, -0.2) is 10.4 Å². The molecule has 7 N–H and O–H groups in total. The van der Waals surface area contributed by atoms with E-state index in [4.69, 9.17) is 5.11 Å². The minimum Gasteiger partial charge on any atom is -0.394 e. The molecule has 11 heteroatoms. The first-order valence-electron chi connectivity index (χ1n) is 8.59. The maximum absolute atomic E-state index is 12.4. The normalized spacial score (nSPS) is 19.0. The molecule has 1 aliphatic carbocycles. The molecule has 0 amide bonds. The van der Waals surface area contributed by atoms with Crippen molar-refractivity contribution in [3.05, 3.63) is 20.8 Å². The molecule has 0 saturated heterocycles. The number of nitrogens with one attached hydrogen (secondary N) is 2. The molecule has 27 heavy (non-hydrogen) atoms. The molecule has 0 spiro atoms. The van der Waals surface area contributed by atoms with Crippen LogP contribution in [0.4, 0.5) is 5.95 Å². The van der Waals surface area contributed by atoms with Crippen LogP contribution in [0.15, 0.2) is 9.90 Å². The Morgan fingerprint density at radius 1 is 1.22 bits per heavy atom. The lowest BCUT2D eigenvalue weighted by Crippen LogP contribution is -2.46. The summed E-state index contributed by atoms with van der Waals surface area (Å²) < 4.78 is 0. The second-order valence-electron chi connectivity index (χ2n) is 6.42. The lowest BCUT2D eigenvalue weighted by Gasteiger charge is -2.23. The maximum Gasteiger partial charge on any atom is 0.261 e. The Bertz CT molecular complexity index is 882. The van der Waals surface area contributed by atoms with E-state index < -0.39 is 31.0 Å². The first-order valence-corrected chi connectivity index (χ1v) is 9.41. The number of fused-ring (bicyclic) bond motifs is 3. The van der Waals surface area contributed by atoms with Crippen molar-refractivity contribution in [1.82, 2.24) is 9.97 Å². The molecule has 0 saturated carbocycles. The summed E-state index contributed by atoms with van der Waals surface area (Å²) in [7, 11) is 0. The third kappa shape index (κ3) is 4.18. The van der Waals surface area contributed by atoms with Crippen molar-refractivity contribution < 1.29 is 25.5 Å². The number of nitrogens with zero attached hydrogens (tertiary/aromatic N) is 2. The molecule has 3 rings (SSSR count). The van der Waals surface area contributed by atoms with Gasteiger partial charge in [0.15, 0.2) is 0 Å². The number of hydrogen-bond acceptors (Lipinski definition) is 10. The van der Waals surface area contributed by atoms with Crippen LogP contribution in [0.25, 0.3) is 10.2 Å². The topological polar surface area (TPSA) is 171 Å². The number of H-pyrrole nitrogens is 1. The number of aromatic nitrogens is 2. The van der Waals surface area contributed by atoms with E-state index in [1.165, 1.54) is 16.2 Å². The Balaban J connectivity index is 1.72. The molecule has 2 aromatic rings. The molecule has 1 aliphatic rings. The van der Waals surface area contributed by atoms with Crippen molar-refractivity contribution in [3.8, 4) is 0 Å². The number of anilines is 1. The van der Waals surface area contributed by atoms with Crippen molar-refractivity contribution in [2.45, 2.75) is 50.1 Å². The van der Waals surface area contributed by atoms with Crippen LogP contribution in [0.3, 0.4) is 0 Å². The van der Waals surface area contributed by atoms with Gasteiger partial charge in [-0.2, -0.15) is 5.10 Å². The van der Waals surface area contributed by atoms with Crippen LogP contribution in [0.2, 0.25) is 0 Å². The van der Waals surface area contributed by atoms with Gasteiger partial charge in [-0.1, -0.05) is 0 Å². The van der Waals surface area contributed by atoms with Gasteiger partial charge in [0, 0.05) is 4.88 Å². The van der Waals surface area contributed by atoms with E-state index in [-0.39, 0.29) is 11.5 Å². The van der Waals surface area contributed by atoms with Gasteiger partial charge < -0.3 is 25.5 Å². The Morgan fingerprint density at radius 2 is 1.96 bits per heavy atom. The van der Waals surface area contributed by atoms with Gasteiger partial charge in [-0.15, -0.1) is 11.3 Å². The summed E-state index contributed by atoms with van der Waals surface area (Å²) in [6, 6.07) is 0. The molecule has 0 aromatic carbocycles. The van der Waals surface area contributed by atoms with Gasteiger partial charge in [0.05, 0.1) is 18.2 Å². The van der Waals surface area contributed by atoms with Gasteiger partial charge in [0.25, 0.3) is 5.56 Å². The van der Waals surface area contributed by atoms with Crippen molar-refractivity contribution in [2.24, 2.45) is 5.10 Å². The molecule has 148 valence electrons. The predicted octanol–water partition coefficient (Wildman–Crippen LogP) is -1.30. The van der Waals surface area contributed by atoms with Gasteiger partial charge in [-0.05, 0) is 31.2 Å². The second-order valence-corrected chi connectivity index (χ2v) is 7.50. The fraction of sp³-hybridized carbons (Fsp3) is 0.562. The smallest absolute Gasteiger partial charge is 0.261 e. The van der Waals surface area contributed by atoms with Crippen LogP contribution < -0.4 is 11.0 Å². The monoisotopic (exact) mass is 398 g/mol. The number of aromatic amines is 1. The molecule has 0 unspecified atom stereocenters. The van der Waals surface area contributed by atoms with E-state index in [0.29, 0.717) is 10.2 Å². The van der Waals surface area contributed by atoms with Crippen molar-refractivity contribution in [3.63, 3.8) is 0 Å². The van der Waals surface area contributed by atoms with Gasteiger partial charge in [-0.3, -0.25) is 9.78 Å². The molecule has 10 nitrogen and oxygen atoms in total. The zero-order valence-corrected chi connectivity index (χ0v) is 15.2. The fourth-order valence-electron chi connectivity index (χ4n) is 3.02. The van der Waals surface area contributed by atoms with Crippen LogP contribution in [0.5, 0.6) is 0 Å². The Morgan fingerprint density at radius 3 is 2.70 bits per heavy atom. The average Bonchev–Trinajstić information content (AvgIpc) is 3.04. The summed E-state index contributed by atoms with van der Waals surface area (Å²) in [6.45, 7) is -0.768. The van der Waals surface area contributed by atoms with Crippen LogP contribution in [0.1, 0.15) is 23.3 Å². The highest BCUT2D eigenvalue weighted by Crippen LogP contribution is 2.33. The number of thiophene rings is 1. The standard InChI is InChI=1S/C16H22N4O6S/c21-6-9(23)13(25)12(24)8(22)5-17-20-16-18-14(26)11-7-3-1-2-4-10(7)27-15(11)19-16/h5,8-9,12-13,21-25H,1-4,6H2,(H2,18,19,20,26)/b17-5+/t8-,9-,12-,13-/m1/s1. The lowest BCUT2D eigenvalue weighted by atomic mass is 9.97. The number of hydrogen-bond donors (Lipinski definition) is 7. The third-order valence-electron chi connectivity index (χ3n) is 4.50. The SMILES string of the molecule is O=c1[nH]c(N/N=C/[C@@H](O)[C@@H](O)[C@H](O)[C@H](O)CO)nc2sc3c(c12)CCCC3. The van der Waals surface area contributed by atoms with Crippen LogP contribution in [-0.2, 0) is 12.8 Å². The summed E-state index contributed by atoms with van der Waals surface area (Å²) in [5.74, 6) is 0.0833. The minimum atomic E-state index is -1.75. The predicted molar refractivity (Wildman–Crippen MR) is 100 cm³/mol. The van der Waals surface area contributed by atoms with Gasteiger partial charge in [0.1, 0.15) is 29.2 Å². The van der Waals surface area contributed by atoms with Crippen molar-refractivity contribution >= 4 is 33.7 Å². The quantitative estimate of drug-likeness (QED) is 0.223. The fourth-order valence-corrected chi connectivity index (χ4v) is 4.28. The maximum atomic E-state index is 12.4. The van der Waals surface area contributed by atoms with E-state index in [1.807, 2.05) is 0 Å². The van der Waals surface area contributed by atoms with E-state index in [9.17, 15) is 25.2 Å². The van der Waals surface area contributed by atoms with Crippen molar-refractivity contribution in [2.75, 3.05) is 12.0 Å². The van der Waals surface area contributed by atoms with E-state index in [2.05, 4.69) is 20.5 Å². The first kappa shape index (κ1) is 19.9.